The maximum Gasteiger partial charge on any atom is 0.149 e. The summed E-state index contributed by atoms with van der Waals surface area (Å²) in [5, 5.41) is 17.6. The van der Waals surface area contributed by atoms with E-state index in [4.69, 9.17) is 15.9 Å². The maximum atomic E-state index is 10.5. The highest BCUT2D eigenvalue weighted by atomic mass is 16.3. The van der Waals surface area contributed by atoms with Gasteiger partial charge in [0.2, 0.25) is 0 Å². The van der Waals surface area contributed by atoms with Gasteiger partial charge in [0.05, 0.1) is 18.8 Å². The molecule has 0 aliphatic rings. The van der Waals surface area contributed by atoms with Gasteiger partial charge in [-0.05, 0) is 6.92 Å². The van der Waals surface area contributed by atoms with Gasteiger partial charge in [0.1, 0.15) is 5.78 Å². The molecule has 0 radical (unpaired) electrons. The SMILES string of the molecule is CC(O)C(O)CC(=O)CN. The summed E-state index contributed by atoms with van der Waals surface area (Å²) in [6.45, 7) is 1.35. The van der Waals surface area contributed by atoms with Crippen molar-refractivity contribution in [2.24, 2.45) is 5.73 Å². The summed E-state index contributed by atoms with van der Waals surface area (Å²) in [5.74, 6) is -0.242. The van der Waals surface area contributed by atoms with E-state index in [1.54, 1.807) is 0 Å². The van der Waals surface area contributed by atoms with Crippen LogP contribution in [0.3, 0.4) is 0 Å². The molecular formula is C6H13NO3. The second kappa shape index (κ2) is 4.38. The third-order valence-corrected chi connectivity index (χ3v) is 1.22. The van der Waals surface area contributed by atoms with Crippen LogP contribution in [0.25, 0.3) is 0 Å². The first kappa shape index (κ1) is 9.55. The van der Waals surface area contributed by atoms with Gasteiger partial charge >= 0.3 is 0 Å². The lowest BCUT2D eigenvalue weighted by molar-refractivity contribution is -0.121. The van der Waals surface area contributed by atoms with E-state index >= 15 is 0 Å². The molecular weight excluding hydrogens is 134 g/mol. The molecule has 0 aliphatic carbocycles. The lowest BCUT2D eigenvalue weighted by Gasteiger charge is -2.10. The molecule has 4 nitrogen and oxygen atoms in total. The molecule has 10 heavy (non-hydrogen) atoms. The molecule has 0 saturated carbocycles. The van der Waals surface area contributed by atoms with Crippen LogP contribution in [0.4, 0.5) is 0 Å². The Balaban J connectivity index is 3.57. The van der Waals surface area contributed by atoms with Crippen LogP contribution in [-0.4, -0.2) is 34.7 Å². The number of carbonyl (C=O) groups is 1. The number of ketones is 1. The maximum absolute atomic E-state index is 10.5. The average Bonchev–Trinajstić information content (AvgIpc) is 1.87. The Morgan fingerprint density at radius 3 is 2.40 bits per heavy atom. The molecule has 0 aromatic heterocycles. The van der Waals surface area contributed by atoms with E-state index in [2.05, 4.69) is 0 Å². The Morgan fingerprint density at radius 2 is 2.10 bits per heavy atom. The molecule has 0 heterocycles. The number of hydrogen-bond acceptors (Lipinski definition) is 4. The lowest BCUT2D eigenvalue weighted by atomic mass is 10.1. The molecule has 0 rings (SSSR count). The van der Waals surface area contributed by atoms with E-state index in [1.165, 1.54) is 6.92 Å². The number of Topliss-reactive ketones (excluding diaryl/α,β-unsaturated/α-hetero) is 1. The van der Waals surface area contributed by atoms with Crippen molar-refractivity contribution in [3.63, 3.8) is 0 Å². The van der Waals surface area contributed by atoms with Crippen molar-refractivity contribution in [3.05, 3.63) is 0 Å². The molecule has 2 atom stereocenters. The van der Waals surface area contributed by atoms with Crippen LogP contribution in [0, 0.1) is 0 Å². The minimum absolute atomic E-state index is 0.0613. The van der Waals surface area contributed by atoms with E-state index in [0.29, 0.717) is 0 Å². The zero-order valence-corrected chi connectivity index (χ0v) is 5.95. The van der Waals surface area contributed by atoms with Crippen molar-refractivity contribution in [3.8, 4) is 0 Å². The monoisotopic (exact) mass is 147 g/mol. The Morgan fingerprint density at radius 1 is 1.60 bits per heavy atom. The average molecular weight is 147 g/mol. The van der Waals surface area contributed by atoms with Gasteiger partial charge in [0.25, 0.3) is 0 Å². The zero-order valence-electron chi connectivity index (χ0n) is 5.95. The molecule has 0 bridgehead atoms. The summed E-state index contributed by atoms with van der Waals surface area (Å²) < 4.78 is 0. The van der Waals surface area contributed by atoms with Crippen LogP contribution in [0.5, 0.6) is 0 Å². The van der Waals surface area contributed by atoms with E-state index in [1.807, 2.05) is 0 Å². The Hall–Kier alpha value is -0.450. The smallest absolute Gasteiger partial charge is 0.149 e. The van der Waals surface area contributed by atoms with Crippen LogP contribution in [-0.2, 0) is 4.79 Å². The standard InChI is InChI=1S/C6H13NO3/c1-4(8)6(10)2-5(9)3-7/h4,6,8,10H,2-3,7H2,1H3. The van der Waals surface area contributed by atoms with Gasteiger partial charge in [-0.3, -0.25) is 4.79 Å². The number of carbonyl (C=O) groups excluding carboxylic acids is 1. The Bertz CT molecular complexity index is 114. The van der Waals surface area contributed by atoms with Crippen molar-refractivity contribution in [2.75, 3.05) is 6.54 Å². The molecule has 0 amide bonds. The molecule has 0 aliphatic heterocycles. The summed E-state index contributed by atoms with van der Waals surface area (Å²) >= 11 is 0. The third kappa shape index (κ3) is 3.55. The van der Waals surface area contributed by atoms with E-state index in [9.17, 15) is 4.79 Å². The fourth-order valence-corrected chi connectivity index (χ4v) is 0.487. The van der Waals surface area contributed by atoms with Crippen molar-refractivity contribution in [1.82, 2.24) is 0 Å². The third-order valence-electron chi connectivity index (χ3n) is 1.22. The Labute approximate surface area is 59.7 Å². The van der Waals surface area contributed by atoms with Crippen LogP contribution >= 0.6 is 0 Å². The highest BCUT2D eigenvalue weighted by Crippen LogP contribution is 1.97. The highest BCUT2D eigenvalue weighted by molar-refractivity contribution is 5.80. The van der Waals surface area contributed by atoms with Crippen molar-refractivity contribution < 1.29 is 15.0 Å². The summed E-state index contributed by atoms with van der Waals surface area (Å²) in [5.41, 5.74) is 4.98. The molecule has 0 aromatic carbocycles. The van der Waals surface area contributed by atoms with Gasteiger partial charge in [-0.2, -0.15) is 0 Å². The quantitative estimate of drug-likeness (QED) is 0.459. The molecule has 0 saturated heterocycles. The highest BCUT2D eigenvalue weighted by Gasteiger charge is 2.13. The van der Waals surface area contributed by atoms with Gasteiger partial charge < -0.3 is 15.9 Å². The van der Waals surface area contributed by atoms with Gasteiger partial charge in [-0.1, -0.05) is 0 Å². The summed E-state index contributed by atoms with van der Waals surface area (Å²) in [4.78, 5) is 10.5. The summed E-state index contributed by atoms with van der Waals surface area (Å²) in [6, 6.07) is 0. The second-order valence-electron chi connectivity index (χ2n) is 2.25. The second-order valence-corrected chi connectivity index (χ2v) is 2.25. The van der Waals surface area contributed by atoms with Crippen LogP contribution in [0.2, 0.25) is 0 Å². The molecule has 2 unspecified atom stereocenters. The zero-order chi connectivity index (χ0) is 8.15. The largest absolute Gasteiger partial charge is 0.391 e. The lowest BCUT2D eigenvalue weighted by Crippen LogP contribution is -2.28. The number of aliphatic hydroxyl groups excluding tert-OH is 2. The predicted molar refractivity (Wildman–Crippen MR) is 36.4 cm³/mol. The van der Waals surface area contributed by atoms with E-state index in [-0.39, 0.29) is 18.7 Å². The number of hydrogen-bond donors (Lipinski definition) is 3. The normalized spacial score (nSPS) is 16.4. The molecule has 4 heteroatoms. The number of aliphatic hydroxyl groups is 2. The topological polar surface area (TPSA) is 83.5 Å². The first-order chi connectivity index (χ1) is 4.57. The van der Waals surface area contributed by atoms with Gasteiger partial charge in [0.15, 0.2) is 0 Å². The van der Waals surface area contributed by atoms with Crippen LogP contribution in [0.1, 0.15) is 13.3 Å². The predicted octanol–water partition coefficient (Wildman–Crippen LogP) is -1.35. The Kier molecular flexibility index (Phi) is 4.18. The summed E-state index contributed by atoms with van der Waals surface area (Å²) in [6.07, 6.45) is -1.90. The fraction of sp³-hybridized carbons (Fsp3) is 0.833. The van der Waals surface area contributed by atoms with Crippen LogP contribution < -0.4 is 5.73 Å². The molecule has 0 spiro atoms. The number of nitrogens with two attached hydrogens (primary N) is 1. The van der Waals surface area contributed by atoms with Crippen LogP contribution in [0.15, 0.2) is 0 Å². The van der Waals surface area contributed by atoms with E-state index < -0.39 is 12.2 Å². The molecule has 60 valence electrons. The van der Waals surface area contributed by atoms with Gasteiger partial charge in [-0.25, -0.2) is 0 Å². The summed E-state index contributed by atoms with van der Waals surface area (Å²) in [7, 11) is 0. The molecule has 0 aromatic rings. The van der Waals surface area contributed by atoms with Crippen molar-refractivity contribution in [2.45, 2.75) is 25.6 Å². The first-order valence-electron chi connectivity index (χ1n) is 3.15. The van der Waals surface area contributed by atoms with Gasteiger partial charge in [-0.15, -0.1) is 0 Å². The molecule has 4 N–H and O–H groups in total. The minimum atomic E-state index is -0.976. The number of rotatable bonds is 4. The fourth-order valence-electron chi connectivity index (χ4n) is 0.487. The van der Waals surface area contributed by atoms with Gasteiger partial charge in [0, 0.05) is 6.42 Å². The first-order valence-corrected chi connectivity index (χ1v) is 3.15. The molecule has 0 fully saturated rings. The van der Waals surface area contributed by atoms with Crippen molar-refractivity contribution >= 4 is 5.78 Å². The minimum Gasteiger partial charge on any atom is -0.391 e. The van der Waals surface area contributed by atoms with E-state index in [0.717, 1.165) is 0 Å². The van der Waals surface area contributed by atoms with Crippen molar-refractivity contribution in [1.29, 1.82) is 0 Å².